The Morgan fingerprint density at radius 1 is 0.920 bits per heavy atom. The van der Waals surface area contributed by atoms with Crippen LogP contribution in [0.25, 0.3) is 0 Å². The molecule has 2 saturated heterocycles. The summed E-state index contributed by atoms with van der Waals surface area (Å²) in [6.45, 7) is 4.35. The quantitative estimate of drug-likeness (QED) is 0.818. The topological polar surface area (TPSA) is 32.8 Å². The van der Waals surface area contributed by atoms with E-state index < -0.39 is 0 Å². The summed E-state index contributed by atoms with van der Waals surface area (Å²) >= 11 is 0. The number of carbonyl (C=O) groups is 1. The van der Waals surface area contributed by atoms with Gasteiger partial charge in [-0.05, 0) is 88.7 Å². The van der Waals surface area contributed by atoms with Gasteiger partial charge in [0.25, 0.3) is 5.91 Å². The van der Waals surface area contributed by atoms with Crippen LogP contribution in [0.2, 0.25) is 0 Å². The van der Waals surface area contributed by atoms with Gasteiger partial charge in [0, 0.05) is 24.7 Å². The van der Waals surface area contributed by atoms with Gasteiger partial charge in [0.05, 0.1) is 6.10 Å². The van der Waals surface area contributed by atoms with Crippen molar-refractivity contribution in [1.29, 1.82) is 0 Å². The summed E-state index contributed by atoms with van der Waals surface area (Å²) in [7, 11) is 0. The molecular formula is C21H30N2O2. The standard InChI is InChI=1S/C21H30N2O2/c24-21(23-15-5-6-18(23)16-22-13-3-4-14-22)17-9-11-20(12-10-17)25-19-7-1-2-8-19/h9-12,18-19H,1-8,13-16H2. The third kappa shape index (κ3) is 4.00. The first-order valence-corrected chi connectivity index (χ1v) is 10.1. The molecular weight excluding hydrogens is 312 g/mol. The molecule has 4 heteroatoms. The SMILES string of the molecule is O=C(c1ccc(OC2CCCC2)cc1)N1CCCC1CN1CCCC1. The average Bonchev–Trinajstić information content (AvgIpc) is 3.38. The highest BCUT2D eigenvalue weighted by Crippen LogP contribution is 2.26. The third-order valence-corrected chi connectivity index (χ3v) is 6.01. The zero-order valence-corrected chi connectivity index (χ0v) is 15.2. The van der Waals surface area contributed by atoms with Crippen LogP contribution in [-0.4, -0.2) is 54.0 Å². The molecule has 0 N–H and O–H groups in total. The second-order valence-electron chi connectivity index (χ2n) is 7.85. The summed E-state index contributed by atoms with van der Waals surface area (Å²) in [5.74, 6) is 1.09. The van der Waals surface area contributed by atoms with Gasteiger partial charge in [0.2, 0.25) is 0 Å². The summed E-state index contributed by atoms with van der Waals surface area (Å²) in [5, 5.41) is 0. The van der Waals surface area contributed by atoms with Gasteiger partial charge in [-0.3, -0.25) is 4.79 Å². The molecule has 1 saturated carbocycles. The van der Waals surface area contributed by atoms with E-state index in [4.69, 9.17) is 4.74 Å². The van der Waals surface area contributed by atoms with Crippen molar-refractivity contribution in [3.05, 3.63) is 29.8 Å². The van der Waals surface area contributed by atoms with E-state index >= 15 is 0 Å². The summed E-state index contributed by atoms with van der Waals surface area (Å²) in [5.41, 5.74) is 0.798. The smallest absolute Gasteiger partial charge is 0.254 e. The fourth-order valence-corrected chi connectivity index (χ4v) is 4.60. The molecule has 1 atom stereocenters. The Morgan fingerprint density at radius 3 is 2.36 bits per heavy atom. The van der Waals surface area contributed by atoms with Crippen molar-refractivity contribution in [2.45, 2.75) is 63.5 Å². The molecule has 4 rings (SSSR count). The lowest BCUT2D eigenvalue weighted by Crippen LogP contribution is -2.42. The molecule has 2 aliphatic heterocycles. The van der Waals surface area contributed by atoms with Crippen LogP contribution in [0.15, 0.2) is 24.3 Å². The Bertz CT molecular complexity index is 574. The highest BCUT2D eigenvalue weighted by atomic mass is 16.5. The summed E-state index contributed by atoms with van der Waals surface area (Å²) in [6.07, 6.45) is 10.1. The molecule has 136 valence electrons. The lowest BCUT2D eigenvalue weighted by atomic mass is 10.1. The predicted molar refractivity (Wildman–Crippen MR) is 99.1 cm³/mol. The van der Waals surface area contributed by atoms with Crippen molar-refractivity contribution < 1.29 is 9.53 Å². The Kier molecular flexibility index (Phi) is 5.25. The lowest BCUT2D eigenvalue weighted by Gasteiger charge is -2.28. The minimum absolute atomic E-state index is 0.189. The number of hydrogen-bond donors (Lipinski definition) is 0. The van der Waals surface area contributed by atoms with Gasteiger partial charge < -0.3 is 14.5 Å². The van der Waals surface area contributed by atoms with Gasteiger partial charge in [-0.25, -0.2) is 0 Å². The Labute approximate surface area is 151 Å². The van der Waals surface area contributed by atoms with Crippen molar-refractivity contribution in [2.24, 2.45) is 0 Å². The van der Waals surface area contributed by atoms with Crippen molar-refractivity contribution >= 4 is 5.91 Å². The summed E-state index contributed by atoms with van der Waals surface area (Å²) < 4.78 is 6.01. The molecule has 3 aliphatic rings. The van der Waals surface area contributed by atoms with Crippen LogP contribution in [0.3, 0.4) is 0 Å². The number of rotatable bonds is 5. The lowest BCUT2D eigenvalue weighted by molar-refractivity contribution is 0.0708. The molecule has 2 heterocycles. The first-order chi connectivity index (χ1) is 12.3. The minimum atomic E-state index is 0.189. The van der Waals surface area contributed by atoms with Crippen LogP contribution in [0, 0.1) is 0 Å². The summed E-state index contributed by atoms with van der Waals surface area (Å²) in [6, 6.07) is 8.21. The normalized spacial score (nSPS) is 25.0. The maximum absolute atomic E-state index is 13.0. The van der Waals surface area contributed by atoms with E-state index in [-0.39, 0.29) is 5.91 Å². The average molecular weight is 342 g/mol. The number of carbonyl (C=O) groups excluding carboxylic acids is 1. The number of amides is 1. The zero-order valence-electron chi connectivity index (χ0n) is 15.2. The molecule has 1 aliphatic carbocycles. The Morgan fingerprint density at radius 2 is 1.64 bits per heavy atom. The highest BCUT2D eigenvalue weighted by Gasteiger charge is 2.31. The van der Waals surface area contributed by atoms with Crippen molar-refractivity contribution in [3.8, 4) is 5.75 Å². The number of ether oxygens (including phenoxy) is 1. The maximum Gasteiger partial charge on any atom is 0.254 e. The van der Waals surface area contributed by atoms with Gasteiger partial charge in [0.1, 0.15) is 5.75 Å². The number of likely N-dealkylation sites (tertiary alicyclic amines) is 2. The number of benzene rings is 1. The number of hydrogen-bond acceptors (Lipinski definition) is 3. The van der Waals surface area contributed by atoms with Crippen LogP contribution in [-0.2, 0) is 0 Å². The second-order valence-corrected chi connectivity index (χ2v) is 7.85. The minimum Gasteiger partial charge on any atom is -0.490 e. The third-order valence-electron chi connectivity index (χ3n) is 6.01. The molecule has 1 aromatic carbocycles. The van der Waals surface area contributed by atoms with E-state index in [1.807, 2.05) is 24.3 Å². The monoisotopic (exact) mass is 342 g/mol. The maximum atomic E-state index is 13.0. The molecule has 0 aromatic heterocycles. The van der Waals surface area contributed by atoms with Crippen LogP contribution < -0.4 is 4.74 Å². The first-order valence-electron chi connectivity index (χ1n) is 10.1. The fourth-order valence-electron chi connectivity index (χ4n) is 4.60. The molecule has 25 heavy (non-hydrogen) atoms. The Balaban J connectivity index is 1.37. The van der Waals surface area contributed by atoms with Crippen molar-refractivity contribution in [2.75, 3.05) is 26.2 Å². The molecule has 0 radical (unpaired) electrons. The van der Waals surface area contributed by atoms with Crippen molar-refractivity contribution in [3.63, 3.8) is 0 Å². The largest absolute Gasteiger partial charge is 0.490 e. The van der Waals surface area contributed by atoms with E-state index in [1.165, 1.54) is 38.8 Å². The second kappa shape index (κ2) is 7.77. The van der Waals surface area contributed by atoms with Gasteiger partial charge >= 0.3 is 0 Å². The Hall–Kier alpha value is -1.55. The van der Waals surface area contributed by atoms with Crippen LogP contribution in [0.1, 0.15) is 61.7 Å². The van der Waals surface area contributed by atoms with Gasteiger partial charge in [-0.15, -0.1) is 0 Å². The van der Waals surface area contributed by atoms with E-state index in [2.05, 4.69) is 9.80 Å². The van der Waals surface area contributed by atoms with E-state index in [0.717, 1.165) is 50.1 Å². The van der Waals surface area contributed by atoms with Crippen molar-refractivity contribution in [1.82, 2.24) is 9.80 Å². The summed E-state index contributed by atoms with van der Waals surface area (Å²) in [4.78, 5) is 17.6. The molecule has 3 fully saturated rings. The molecule has 0 bridgehead atoms. The van der Waals surface area contributed by atoms with Gasteiger partial charge in [0.15, 0.2) is 0 Å². The fraction of sp³-hybridized carbons (Fsp3) is 0.667. The van der Waals surface area contributed by atoms with E-state index in [0.29, 0.717) is 12.1 Å². The molecule has 1 unspecified atom stereocenters. The van der Waals surface area contributed by atoms with Gasteiger partial charge in [-0.1, -0.05) is 0 Å². The van der Waals surface area contributed by atoms with E-state index in [9.17, 15) is 4.79 Å². The van der Waals surface area contributed by atoms with Crippen LogP contribution in [0.4, 0.5) is 0 Å². The first kappa shape index (κ1) is 16.9. The predicted octanol–water partition coefficient (Wildman–Crippen LogP) is 3.71. The molecule has 1 aromatic rings. The molecule has 0 spiro atoms. The zero-order chi connectivity index (χ0) is 17.1. The highest BCUT2D eigenvalue weighted by molar-refractivity contribution is 5.94. The van der Waals surface area contributed by atoms with E-state index in [1.54, 1.807) is 0 Å². The molecule has 4 nitrogen and oxygen atoms in total. The van der Waals surface area contributed by atoms with Crippen LogP contribution >= 0.6 is 0 Å². The van der Waals surface area contributed by atoms with Gasteiger partial charge in [-0.2, -0.15) is 0 Å². The number of nitrogens with zero attached hydrogens (tertiary/aromatic N) is 2. The molecule has 1 amide bonds. The van der Waals surface area contributed by atoms with Crippen LogP contribution in [0.5, 0.6) is 5.75 Å².